The number of nitrogens with zero attached hydrogens (tertiary/aromatic N) is 4. The molecule has 2 heterocycles. The third kappa shape index (κ3) is 4.86. The maximum atomic E-state index is 12.8. The zero-order valence-electron chi connectivity index (χ0n) is 16.6. The predicted octanol–water partition coefficient (Wildman–Crippen LogP) is 3.28. The Labute approximate surface area is 162 Å². The molecule has 5 nitrogen and oxygen atoms in total. The number of para-hydroxylation sites is 1. The average molecular weight is 367 g/mol. The largest absolute Gasteiger partial charge is 0.369 e. The second-order valence-electron chi connectivity index (χ2n) is 7.50. The highest BCUT2D eigenvalue weighted by molar-refractivity contribution is 5.93. The highest BCUT2D eigenvalue weighted by atomic mass is 16.2. The van der Waals surface area contributed by atoms with Crippen molar-refractivity contribution >= 4 is 17.4 Å². The average Bonchev–Trinajstić information content (AvgIpc) is 2.72. The van der Waals surface area contributed by atoms with E-state index in [0.29, 0.717) is 6.54 Å². The van der Waals surface area contributed by atoms with Crippen LogP contribution >= 0.6 is 0 Å². The molecule has 1 aliphatic heterocycles. The lowest BCUT2D eigenvalue weighted by atomic mass is 10.1. The Morgan fingerprint density at radius 1 is 1.00 bits per heavy atom. The van der Waals surface area contributed by atoms with Crippen molar-refractivity contribution < 1.29 is 4.79 Å². The van der Waals surface area contributed by atoms with Crippen LogP contribution in [0.3, 0.4) is 0 Å². The van der Waals surface area contributed by atoms with Gasteiger partial charge in [-0.1, -0.05) is 38.1 Å². The Balaban J connectivity index is 1.63. The van der Waals surface area contributed by atoms with Crippen molar-refractivity contribution in [1.82, 2.24) is 9.88 Å². The van der Waals surface area contributed by atoms with Gasteiger partial charge in [-0.2, -0.15) is 0 Å². The third-order valence-electron chi connectivity index (χ3n) is 5.19. The number of carbonyl (C=O) groups is 1. The lowest BCUT2D eigenvalue weighted by Gasteiger charge is -2.40. The fraction of sp³-hybridized carbons (Fsp3) is 0.455. The first kappa shape index (κ1) is 19.4. The van der Waals surface area contributed by atoms with E-state index in [1.54, 1.807) is 6.20 Å². The van der Waals surface area contributed by atoms with Crippen LogP contribution in [0, 0.1) is 5.92 Å². The first-order valence-electron chi connectivity index (χ1n) is 9.82. The molecule has 0 N–H and O–H groups in total. The number of hydrogen-bond donors (Lipinski definition) is 0. The molecule has 1 amide bonds. The summed E-state index contributed by atoms with van der Waals surface area (Å²) in [7, 11) is 0. The number of aromatic nitrogens is 1. The maximum Gasteiger partial charge on any atom is 0.230 e. The van der Waals surface area contributed by atoms with Gasteiger partial charge in [-0.25, -0.2) is 4.98 Å². The van der Waals surface area contributed by atoms with Gasteiger partial charge in [-0.15, -0.1) is 0 Å². The zero-order valence-corrected chi connectivity index (χ0v) is 16.6. The molecule has 1 unspecified atom stereocenters. The summed E-state index contributed by atoms with van der Waals surface area (Å²) >= 11 is 0. The minimum Gasteiger partial charge on any atom is -0.369 e. The summed E-state index contributed by atoms with van der Waals surface area (Å²) in [5.74, 6) is 0.823. The van der Waals surface area contributed by atoms with Gasteiger partial charge in [0.15, 0.2) is 0 Å². The second-order valence-corrected chi connectivity index (χ2v) is 7.50. The quantitative estimate of drug-likeness (QED) is 0.787. The molecule has 1 saturated heterocycles. The van der Waals surface area contributed by atoms with Gasteiger partial charge in [0.05, 0.1) is 0 Å². The van der Waals surface area contributed by atoms with Crippen LogP contribution in [0.15, 0.2) is 54.7 Å². The van der Waals surface area contributed by atoms with Crippen molar-refractivity contribution in [1.29, 1.82) is 0 Å². The van der Waals surface area contributed by atoms with E-state index in [1.165, 1.54) is 5.69 Å². The van der Waals surface area contributed by atoms with E-state index < -0.39 is 0 Å². The molecular weight excluding hydrogens is 336 g/mol. The Kier molecular flexibility index (Phi) is 6.45. The van der Waals surface area contributed by atoms with Crippen LogP contribution in [0.4, 0.5) is 11.5 Å². The van der Waals surface area contributed by atoms with Gasteiger partial charge in [0.1, 0.15) is 5.82 Å². The molecule has 2 aromatic rings. The standard InChI is InChI=1S/C22H30N4O/c1-18(2)22(27)26(21-11-7-8-12-23-21)17-19(3)24-13-15-25(16-14-24)20-9-5-4-6-10-20/h4-12,18-19H,13-17H2,1-3H3. The maximum absolute atomic E-state index is 12.8. The topological polar surface area (TPSA) is 39.7 Å². The highest BCUT2D eigenvalue weighted by Gasteiger charge is 2.26. The number of pyridine rings is 1. The lowest BCUT2D eigenvalue weighted by Crippen LogP contribution is -2.53. The summed E-state index contributed by atoms with van der Waals surface area (Å²) in [6.07, 6.45) is 1.75. The molecule has 0 radical (unpaired) electrons. The van der Waals surface area contributed by atoms with Crippen LogP contribution in [0.25, 0.3) is 0 Å². The van der Waals surface area contributed by atoms with Gasteiger partial charge in [-0.3, -0.25) is 14.6 Å². The Morgan fingerprint density at radius 3 is 2.26 bits per heavy atom. The van der Waals surface area contributed by atoms with Crippen LogP contribution in [0.2, 0.25) is 0 Å². The summed E-state index contributed by atoms with van der Waals surface area (Å²) < 4.78 is 0. The van der Waals surface area contributed by atoms with Crippen molar-refractivity contribution in [3.8, 4) is 0 Å². The van der Waals surface area contributed by atoms with Crippen molar-refractivity contribution in [3.05, 3.63) is 54.7 Å². The molecule has 0 bridgehead atoms. The summed E-state index contributed by atoms with van der Waals surface area (Å²) in [4.78, 5) is 23.9. The lowest BCUT2D eigenvalue weighted by molar-refractivity contribution is -0.121. The van der Waals surface area contributed by atoms with E-state index in [4.69, 9.17) is 0 Å². The Hall–Kier alpha value is -2.40. The Bertz CT molecular complexity index is 712. The minimum atomic E-state index is -0.0471. The van der Waals surface area contributed by atoms with Gasteiger partial charge >= 0.3 is 0 Å². The van der Waals surface area contributed by atoms with Gasteiger partial charge in [0, 0.05) is 56.6 Å². The molecule has 1 atom stereocenters. The first-order valence-corrected chi connectivity index (χ1v) is 9.82. The molecule has 27 heavy (non-hydrogen) atoms. The van der Waals surface area contributed by atoms with Gasteiger partial charge in [0.2, 0.25) is 5.91 Å². The summed E-state index contributed by atoms with van der Waals surface area (Å²) in [6.45, 7) is 10.8. The molecular formula is C22H30N4O. The first-order chi connectivity index (χ1) is 13.1. The summed E-state index contributed by atoms with van der Waals surface area (Å²) in [5.41, 5.74) is 1.29. The van der Waals surface area contributed by atoms with Crippen LogP contribution in [-0.4, -0.2) is 54.6 Å². The molecule has 0 saturated carbocycles. The zero-order chi connectivity index (χ0) is 19.2. The number of carbonyl (C=O) groups excluding carboxylic acids is 1. The molecule has 3 rings (SSSR count). The van der Waals surface area contributed by atoms with Crippen molar-refractivity contribution in [2.24, 2.45) is 5.92 Å². The number of piperazine rings is 1. The van der Waals surface area contributed by atoms with Crippen molar-refractivity contribution in [3.63, 3.8) is 0 Å². The number of amides is 1. The van der Waals surface area contributed by atoms with E-state index >= 15 is 0 Å². The smallest absolute Gasteiger partial charge is 0.230 e. The number of hydrogen-bond acceptors (Lipinski definition) is 4. The summed E-state index contributed by atoms with van der Waals surface area (Å²) in [6, 6.07) is 16.6. The third-order valence-corrected chi connectivity index (χ3v) is 5.19. The molecule has 1 aromatic heterocycles. The summed E-state index contributed by atoms with van der Waals surface area (Å²) in [5, 5.41) is 0. The van der Waals surface area contributed by atoms with Crippen LogP contribution in [0.5, 0.6) is 0 Å². The highest BCUT2D eigenvalue weighted by Crippen LogP contribution is 2.19. The van der Waals surface area contributed by atoms with Gasteiger partial charge < -0.3 is 4.90 Å². The molecule has 144 valence electrons. The SMILES string of the molecule is CC(C)C(=O)N(CC(C)N1CCN(c2ccccc2)CC1)c1ccccn1. The fourth-order valence-electron chi connectivity index (χ4n) is 3.56. The minimum absolute atomic E-state index is 0.0471. The molecule has 1 fully saturated rings. The molecule has 5 heteroatoms. The van der Waals surface area contributed by atoms with Gasteiger partial charge in [-0.05, 0) is 31.2 Å². The van der Waals surface area contributed by atoms with E-state index in [0.717, 1.165) is 32.0 Å². The number of anilines is 2. The van der Waals surface area contributed by atoms with Gasteiger partial charge in [0.25, 0.3) is 0 Å². The molecule has 1 aliphatic rings. The van der Waals surface area contributed by atoms with Crippen molar-refractivity contribution in [2.45, 2.75) is 26.8 Å². The predicted molar refractivity (Wildman–Crippen MR) is 111 cm³/mol. The monoisotopic (exact) mass is 366 g/mol. The van der Waals surface area contributed by atoms with E-state index in [-0.39, 0.29) is 17.9 Å². The second kappa shape index (κ2) is 9.00. The van der Waals surface area contributed by atoms with Crippen molar-refractivity contribution in [2.75, 3.05) is 42.5 Å². The molecule has 1 aromatic carbocycles. The number of benzene rings is 1. The fourth-order valence-corrected chi connectivity index (χ4v) is 3.56. The normalized spacial score (nSPS) is 16.4. The molecule has 0 spiro atoms. The Morgan fingerprint density at radius 2 is 1.67 bits per heavy atom. The number of rotatable bonds is 6. The van der Waals surface area contributed by atoms with E-state index in [1.807, 2.05) is 36.9 Å². The molecule has 0 aliphatic carbocycles. The van der Waals surface area contributed by atoms with Crippen LogP contribution in [0.1, 0.15) is 20.8 Å². The van der Waals surface area contributed by atoms with E-state index in [2.05, 4.69) is 52.0 Å². The van der Waals surface area contributed by atoms with E-state index in [9.17, 15) is 4.79 Å². The van der Waals surface area contributed by atoms with Crippen LogP contribution in [-0.2, 0) is 4.79 Å². The van der Waals surface area contributed by atoms with Crippen LogP contribution < -0.4 is 9.80 Å².